The Kier molecular flexibility index (Phi) is 4.56. The van der Waals surface area contributed by atoms with Crippen LogP contribution in [0.3, 0.4) is 0 Å². The Bertz CT molecular complexity index is 442. The highest BCUT2D eigenvalue weighted by Crippen LogP contribution is 2.14. The van der Waals surface area contributed by atoms with E-state index in [0.717, 1.165) is 23.2 Å². The number of rotatable bonds is 5. The number of hydrogen-bond donors (Lipinski definition) is 0. The van der Waals surface area contributed by atoms with E-state index in [4.69, 9.17) is 4.74 Å². The molecule has 88 valence electrons. The molecule has 0 aliphatic carbocycles. The van der Waals surface area contributed by atoms with Gasteiger partial charge in [-0.3, -0.25) is 4.98 Å². The summed E-state index contributed by atoms with van der Waals surface area (Å²) in [6, 6.07) is 14.0. The Balaban J connectivity index is 1.82. The van der Waals surface area contributed by atoms with Gasteiger partial charge in [0.15, 0.2) is 0 Å². The third kappa shape index (κ3) is 3.86. The van der Waals surface area contributed by atoms with Gasteiger partial charge in [0.1, 0.15) is 5.75 Å². The Morgan fingerprint density at radius 1 is 1.06 bits per heavy atom. The number of benzene rings is 1. The molecule has 0 N–H and O–H groups in total. The van der Waals surface area contributed by atoms with Gasteiger partial charge in [0, 0.05) is 23.6 Å². The number of hydrogen-bond acceptors (Lipinski definition) is 2. The highest BCUT2D eigenvalue weighted by molar-refractivity contribution is 9.08. The van der Waals surface area contributed by atoms with Crippen LogP contribution in [0.1, 0.15) is 11.3 Å². The van der Waals surface area contributed by atoms with Crippen LogP contribution in [-0.4, -0.2) is 11.6 Å². The summed E-state index contributed by atoms with van der Waals surface area (Å²) in [5.74, 6) is 0.908. The average Bonchev–Trinajstić information content (AvgIpc) is 2.41. The lowest BCUT2D eigenvalue weighted by Gasteiger charge is -2.06. The molecule has 0 atom stereocenters. The summed E-state index contributed by atoms with van der Waals surface area (Å²) >= 11 is 3.42. The Labute approximate surface area is 110 Å². The summed E-state index contributed by atoms with van der Waals surface area (Å²) in [6.07, 6.45) is 2.64. The molecule has 1 heterocycles. The quantitative estimate of drug-likeness (QED) is 0.786. The number of ether oxygens (including phenoxy) is 1. The van der Waals surface area contributed by atoms with Crippen molar-refractivity contribution in [3.05, 3.63) is 59.9 Å². The van der Waals surface area contributed by atoms with Crippen LogP contribution >= 0.6 is 15.9 Å². The SMILES string of the molecule is BrCc1ccc(OCCc2ccccn2)cc1. The minimum absolute atomic E-state index is 0.657. The molecule has 2 rings (SSSR count). The first kappa shape index (κ1) is 12.1. The zero-order valence-electron chi connectivity index (χ0n) is 9.47. The second-order valence-corrected chi connectivity index (χ2v) is 4.26. The molecule has 0 bridgehead atoms. The highest BCUT2D eigenvalue weighted by Gasteiger charge is 1.96. The molecule has 1 aromatic carbocycles. The lowest BCUT2D eigenvalue weighted by atomic mass is 10.2. The molecule has 0 amide bonds. The van der Waals surface area contributed by atoms with Crippen molar-refractivity contribution in [1.29, 1.82) is 0 Å². The van der Waals surface area contributed by atoms with Gasteiger partial charge in [-0.1, -0.05) is 34.1 Å². The first-order valence-electron chi connectivity index (χ1n) is 5.56. The monoisotopic (exact) mass is 291 g/mol. The maximum atomic E-state index is 5.65. The van der Waals surface area contributed by atoms with E-state index in [-0.39, 0.29) is 0 Å². The molecule has 0 aliphatic heterocycles. The van der Waals surface area contributed by atoms with Gasteiger partial charge in [-0.05, 0) is 29.8 Å². The summed E-state index contributed by atoms with van der Waals surface area (Å²) in [5.41, 5.74) is 2.31. The third-order valence-electron chi connectivity index (χ3n) is 2.43. The van der Waals surface area contributed by atoms with Gasteiger partial charge < -0.3 is 4.74 Å². The lowest BCUT2D eigenvalue weighted by Crippen LogP contribution is -2.02. The predicted molar refractivity (Wildman–Crippen MR) is 72.5 cm³/mol. The molecule has 0 saturated heterocycles. The van der Waals surface area contributed by atoms with Crippen LogP contribution in [0.2, 0.25) is 0 Å². The maximum absolute atomic E-state index is 5.65. The van der Waals surface area contributed by atoms with Crippen molar-refractivity contribution in [3.63, 3.8) is 0 Å². The number of aromatic nitrogens is 1. The second kappa shape index (κ2) is 6.40. The van der Waals surface area contributed by atoms with Crippen molar-refractivity contribution in [3.8, 4) is 5.75 Å². The highest BCUT2D eigenvalue weighted by atomic mass is 79.9. The molecule has 0 spiro atoms. The van der Waals surface area contributed by atoms with Crippen LogP contribution in [0.25, 0.3) is 0 Å². The van der Waals surface area contributed by atoms with Gasteiger partial charge in [0.25, 0.3) is 0 Å². The van der Waals surface area contributed by atoms with Gasteiger partial charge in [0.2, 0.25) is 0 Å². The van der Waals surface area contributed by atoms with E-state index in [2.05, 4.69) is 33.0 Å². The Morgan fingerprint density at radius 3 is 2.53 bits per heavy atom. The fourth-order valence-corrected chi connectivity index (χ4v) is 1.87. The summed E-state index contributed by atoms with van der Waals surface area (Å²) < 4.78 is 5.65. The topological polar surface area (TPSA) is 22.1 Å². The van der Waals surface area contributed by atoms with Crippen molar-refractivity contribution in [2.45, 2.75) is 11.8 Å². The largest absolute Gasteiger partial charge is 0.493 e. The van der Waals surface area contributed by atoms with Gasteiger partial charge in [-0.15, -0.1) is 0 Å². The van der Waals surface area contributed by atoms with Gasteiger partial charge >= 0.3 is 0 Å². The number of pyridine rings is 1. The van der Waals surface area contributed by atoms with Crippen LogP contribution in [0, 0.1) is 0 Å². The van der Waals surface area contributed by atoms with Crippen molar-refractivity contribution in [2.75, 3.05) is 6.61 Å². The molecule has 0 aliphatic rings. The van der Waals surface area contributed by atoms with Crippen LogP contribution in [-0.2, 0) is 11.8 Å². The number of nitrogens with zero attached hydrogens (tertiary/aromatic N) is 1. The van der Waals surface area contributed by atoms with Crippen molar-refractivity contribution in [2.24, 2.45) is 0 Å². The zero-order valence-corrected chi connectivity index (χ0v) is 11.1. The molecule has 3 heteroatoms. The Hall–Kier alpha value is -1.35. The Morgan fingerprint density at radius 2 is 1.88 bits per heavy atom. The summed E-state index contributed by atoms with van der Waals surface area (Å²) in [4.78, 5) is 4.25. The fourth-order valence-electron chi connectivity index (χ4n) is 1.49. The van der Waals surface area contributed by atoms with Gasteiger partial charge in [-0.2, -0.15) is 0 Å². The molecule has 2 aromatic rings. The fraction of sp³-hybridized carbons (Fsp3) is 0.214. The van der Waals surface area contributed by atoms with E-state index in [0.29, 0.717) is 6.61 Å². The first-order chi connectivity index (χ1) is 8.38. The molecule has 1 aromatic heterocycles. The van der Waals surface area contributed by atoms with Crippen LogP contribution in [0.5, 0.6) is 5.75 Å². The van der Waals surface area contributed by atoms with Crippen LogP contribution in [0.15, 0.2) is 48.7 Å². The van der Waals surface area contributed by atoms with E-state index < -0.39 is 0 Å². The minimum Gasteiger partial charge on any atom is -0.493 e. The zero-order chi connectivity index (χ0) is 11.9. The molecular formula is C14H14BrNO. The number of alkyl halides is 1. The van der Waals surface area contributed by atoms with Gasteiger partial charge in [-0.25, -0.2) is 0 Å². The number of halogens is 1. The third-order valence-corrected chi connectivity index (χ3v) is 3.08. The predicted octanol–water partition coefficient (Wildman–Crippen LogP) is 3.60. The summed E-state index contributed by atoms with van der Waals surface area (Å²) in [6.45, 7) is 0.657. The van der Waals surface area contributed by atoms with Crippen molar-refractivity contribution in [1.82, 2.24) is 4.98 Å². The molecular weight excluding hydrogens is 278 g/mol. The molecule has 0 radical (unpaired) electrons. The normalized spacial score (nSPS) is 10.2. The maximum Gasteiger partial charge on any atom is 0.119 e. The van der Waals surface area contributed by atoms with Crippen LogP contribution in [0.4, 0.5) is 0 Å². The minimum atomic E-state index is 0.657. The van der Waals surface area contributed by atoms with Crippen LogP contribution < -0.4 is 4.74 Å². The molecule has 0 saturated carbocycles. The molecule has 2 nitrogen and oxygen atoms in total. The smallest absolute Gasteiger partial charge is 0.119 e. The summed E-state index contributed by atoms with van der Waals surface area (Å²) in [7, 11) is 0. The van der Waals surface area contributed by atoms with E-state index in [1.807, 2.05) is 30.3 Å². The summed E-state index contributed by atoms with van der Waals surface area (Å²) in [5, 5.41) is 0.876. The lowest BCUT2D eigenvalue weighted by molar-refractivity contribution is 0.320. The second-order valence-electron chi connectivity index (χ2n) is 3.70. The average molecular weight is 292 g/mol. The molecule has 17 heavy (non-hydrogen) atoms. The van der Waals surface area contributed by atoms with E-state index >= 15 is 0 Å². The van der Waals surface area contributed by atoms with Gasteiger partial charge in [0.05, 0.1) is 6.61 Å². The standard InChI is InChI=1S/C14H14BrNO/c15-11-12-4-6-14(7-5-12)17-10-8-13-3-1-2-9-16-13/h1-7,9H,8,10-11H2. The van der Waals surface area contributed by atoms with E-state index in [1.54, 1.807) is 6.20 Å². The van der Waals surface area contributed by atoms with Crippen molar-refractivity contribution < 1.29 is 4.74 Å². The van der Waals surface area contributed by atoms with E-state index in [9.17, 15) is 0 Å². The van der Waals surface area contributed by atoms with Crippen molar-refractivity contribution >= 4 is 15.9 Å². The first-order valence-corrected chi connectivity index (χ1v) is 6.68. The van der Waals surface area contributed by atoms with E-state index in [1.165, 1.54) is 5.56 Å². The molecule has 0 fully saturated rings. The molecule has 0 unspecified atom stereocenters.